The van der Waals surface area contributed by atoms with Gasteiger partial charge in [0.25, 0.3) is 0 Å². The fourth-order valence-electron chi connectivity index (χ4n) is 7.42. The maximum atomic E-state index is 5.42. The Hall–Kier alpha value is -4.83. The van der Waals surface area contributed by atoms with E-state index in [0.717, 1.165) is 89.9 Å². The predicted molar refractivity (Wildman–Crippen MR) is 205 cm³/mol. The van der Waals surface area contributed by atoms with Gasteiger partial charge in [0.1, 0.15) is 28.2 Å². The van der Waals surface area contributed by atoms with Gasteiger partial charge in [0.2, 0.25) is 22.8 Å². The summed E-state index contributed by atoms with van der Waals surface area (Å²) in [6.45, 7) is 0. The van der Waals surface area contributed by atoms with Gasteiger partial charge < -0.3 is 72.0 Å². The molecule has 9 rings (SSSR count). The fraction of sp³-hybridized carbons (Fsp3) is 0.0909. The van der Waals surface area contributed by atoms with Crippen molar-refractivity contribution in [2.45, 2.75) is 0 Å². The minimum absolute atomic E-state index is 0. The van der Waals surface area contributed by atoms with Crippen molar-refractivity contribution in [1.82, 2.24) is 19.9 Å². The van der Waals surface area contributed by atoms with Gasteiger partial charge in [-0.05, 0) is 72.8 Å². The molecule has 8 bridgehead atoms. The first-order valence-electron chi connectivity index (χ1n) is 17.4. The van der Waals surface area contributed by atoms with Gasteiger partial charge in [-0.1, -0.05) is 0 Å². The van der Waals surface area contributed by atoms with E-state index in [1.807, 2.05) is 24.3 Å². The number of aromatic nitrogens is 8. The summed E-state index contributed by atoms with van der Waals surface area (Å²) >= 11 is 0. The SMILES string of the molecule is C[n+]1ccccc1-c1c2nc(c(-c3cccc[n+]3C)c3ccc([nH]3)c(-c3cccc[n+]3C)c3nc(c(-c4cccc[n+]4C)c4ccc1[nH]4)C=C3)C=C2.[Cl-].[Cl-].[Cl-].[Cl-].[Cl-].[Mn]. The first kappa shape index (κ1) is 47.5. The second-order valence-electron chi connectivity index (χ2n) is 13.3. The number of H-pyrrole nitrogens is 2. The van der Waals surface area contributed by atoms with Crippen LogP contribution in [-0.4, -0.2) is 19.9 Å². The zero-order valence-corrected chi connectivity index (χ0v) is 36.8. The molecule has 8 nitrogen and oxygen atoms in total. The van der Waals surface area contributed by atoms with E-state index in [4.69, 9.17) is 9.97 Å². The summed E-state index contributed by atoms with van der Waals surface area (Å²) in [6.07, 6.45) is 16.9. The average molecular weight is 911 g/mol. The van der Waals surface area contributed by atoms with Crippen molar-refractivity contribution in [3.05, 3.63) is 145 Å². The number of aromatic amines is 2. The molecule has 0 atom stereocenters. The minimum atomic E-state index is 0. The quantitative estimate of drug-likeness (QED) is 0.136. The predicted octanol–water partition coefficient (Wildman–Crippen LogP) is -8.36. The fourth-order valence-corrected chi connectivity index (χ4v) is 7.42. The molecular formula is C44H38Cl5MnN8-. The first-order valence-corrected chi connectivity index (χ1v) is 17.4. The number of hydrogen-bond acceptors (Lipinski definition) is 2. The van der Waals surface area contributed by atoms with Gasteiger partial charge in [0.15, 0.2) is 24.8 Å². The van der Waals surface area contributed by atoms with Crippen molar-refractivity contribution < 1.29 is 97.4 Å². The Morgan fingerprint density at radius 2 is 0.569 bits per heavy atom. The number of aryl methyl sites for hydroxylation is 4. The van der Waals surface area contributed by atoms with Crippen LogP contribution in [0, 0.1) is 0 Å². The van der Waals surface area contributed by atoms with Crippen LogP contribution in [0.15, 0.2) is 122 Å². The smallest absolute Gasteiger partial charge is 0.216 e. The van der Waals surface area contributed by atoms with E-state index in [2.05, 4.69) is 178 Å². The number of nitrogens with zero attached hydrogens (tertiary/aromatic N) is 6. The van der Waals surface area contributed by atoms with Crippen LogP contribution in [0.4, 0.5) is 0 Å². The molecule has 0 aliphatic carbocycles. The molecule has 297 valence electrons. The number of pyridine rings is 4. The minimum Gasteiger partial charge on any atom is -1.00 e. The Kier molecular flexibility index (Phi) is 16.2. The van der Waals surface area contributed by atoms with Gasteiger partial charge in [0.05, 0.1) is 67.1 Å². The summed E-state index contributed by atoms with van der Waals surface area (Å²) in [5.41, 5.74) is 15.6. The zero-order valence-electron chi connectivity index (χ0n) is 31.8. The molecule has 1 radical (unpaired) electrons. The summed E-state index contributed by atoms with van der Waals surface area (Å²) in [7, 11) is 8.31. The molecule has 9 heterocycles. The zero-order chi connectivity index (χ0) is 35.3. The van der Waals surface area contributed by atoms with Gasteiger partial charge in [-0.3, -0.25) is 0 Å². The number of rotatable bonds is 4. The third kappa shape index (κ3) is 8.49. The summed E-state index contributed by atoms with van der Waals surface area (Å²) in [6, 6.07) is 33.8. The van der Waals surface area contributed by atoms with E-state index in [9.17, 15) is 0 Å². The molecule has 58 heavy (non-hydrogen) atoms. The molecule has 0 saturated heterocycles. The maximum Gasteiger partial charge on any atom is 0.216 e. The molecule has 7 aromatic rings. The molecule has 14 heteroatoms. The second kappa shape index (κ2) is 19.7. The van der Waals surface area contributed by atoms with Gasteiger partial charge in [-0.15, -0.1) is 0 Å². The molecule has 0 aromatic carbocycles. The molecule has 0 unspecified atom stereocenters. The van der Waals surface area contributed by atoms with E-state index in [1.165, 1.54) is 0 Å². The van der Waals surface area contributed by atoms with Crippen molar-refractivity contribution in [1.29, 1.82) is 0 Å². The van der Waals surface area contributed by atoms with Crippen LogP contribution in [0.3, 0.4) is 0 Å². The Morgan fingerprint density at radius 3 is 0.776 bits per heavy atom. The largest absolute Gasteiger partial charge is 1.00 e. The Labute approximate surface area is 379 Å². The van der Waals surface area contributed by atoms with Crippen LogP contribution >= 0.6 is 0 Å². The molecule has 2 aliphatic heterocycles. The standard InChI is InChI=1S/C44H37N8.5ClH.Mn/c1-49-25-9-5-13-37(49)41-29-17-19-31(45-29)42(38-14-6-10-26-50(38)2)33-21-23-35(47-33)44(40-16-8-12-28-52(40)4)36-24-22-34(48-36)43(32-20-18-30(41)46-32)39-15-7-11-27-51(39)3;;;;;;/h5-28H,1-4H3,(H,45,46,47,48);5*1H;/q+3;;;;;;/p-4. The van der Waals surface area contributed by atoms with Gasteiger partial charge in [-0.2, -0.15) is 0 Å². The van der Waals surface area contributed by atoms with Crippen molar-refractivity contribution in [3.8, 4) is 45.0 Å². The third-order valence-corrected chi connectivity index (χ3v) is 10.00. The van der Waals surface area contributed by atoms with Crippen LogP contribution in [0.5, 0.6) is 0 Å². The van der Waals surface area contributed by atoms with Crippen LogP contribution in [0.25, 0.3) is 91.4 Å². The van der Waals surface area contributed by atoms with Crippen LogP contribution in [0.1, 0.15) is 22.8 Å². The molecule has 2 aliphatic rings. The summed E-state index contributed by atoms with van der Waals surface area (Å²) in [4.78, 5) is 18.5. The molecule has 0 amide bonds. The monoisotopic (exact) mass is 908 g/mol. The second-order valence-corrected chi connectivity index (χ2v) is 13.3. The third-order valence-electron chi connectivity index (χ3n) is 10.00. The Morgan fingerprint density at radius 1 is 0.345 bits per heavy atom. The Balaban J connectivity index is 0.00000150. The van der Waals surface area contributed by atoms with Gasteiger partial charge >= 0.3 is 0 Å². The van der Waals surface area contributed by atoms with Crippen molar-refractivity contribution in [3.63, 3.8) is 0 Å². The van der Waals surface area contributed by atoms with Crippen molar-refractivity contribution in [2.24, 2.45) is 28.2 Å². The molecular weight excluding hydrogens is 873 g/mol. The Bertz CT molecular complexity index is 2460. The number of fused-ring (bicyclic) bond motifs is 8. The number of nitrogens with one attached hydrogen (secondary N) is 2. The molecule has 7 aromatic heterocycles. The van der Waals surface area contributed by atoms with Gasteiger partial charge in [-0.25, -0.2) is 28.2 Å². The molecule has 2 N–H and O–H groups in total. The van der Waals surface area contributed by atoms with Crippen LogP contribution < -0.4 is 80.3 Å². The average Bonchev–Trinajstić information content (AvgIpc) is 3.99. The summed E-state index contributed by atoms with van der Waals surface area (Å²) in [5, 5.41) is 0. The maximum absolute atomic E-state index is 5.42. The summed E-state index contributed by atoms with van der Waals surface area (Å²) < 4.78 is 8.59. The molecule has 0 fully saturated rings. The number of hydrogen-bond donors (Lipinski definition) is 2. The summed E-state index contributed by atoms with van der Waals surface area (Å²) in [5.74, 6) is 0. The first-order chi connectivity index (χ1) is 25.4. The molecule has 0 saturated carbocycles. The topological polar surface area (TPSA) is 72.9 Å². The normalized spacial score (nSPS) is 10.8. The van der Waals surface area contributed by atoms with E-state index in [1.54, 1.807) is 0 Å². The number of halogens is 5. The van der Waals surface area contributed by atoms with E-state index >= 15 is 0 Å². The van der Waals surface area contributed by atoms with E-state index in [-0.39, 0.29) is 79.1 Å². The van der Waals surface area contributed by atoms with Crippen molar-refractivity contribution >= 4 is 46.4 Å². The van der Waals surface area contributed by atoms with Gasteiger partial charge in [0, 0.05) is 65.6 Å². The van der Waals surface area contributed by atoms with Crippen LogP contribution in [0.2, 0.25) is 0 Å². The van der Waals surface area contributed by atoms with Crippen molar-refractivity contribution in [2.75, 3.05) is 0 Å². The van der Waals surface area contributed by atoms with E-state index < -0.39 is 0 Å². The van der Waals surface area contributed by atoms with E-state index in [0.29, 0.717) is 0 Å². The molecule has 0 spiro atoms. The van der Waals surface area contributed by atoms with Crippen LogP contribution in [-0.2, 0) is 45.3 Å².